The molecule has 0 aromatic heterocycles. The third-order valence-corrected chi connectivity index (χ3v) is 3.71. The van der Waals surface area contributed by atoms with Crippen LogP contribution >= 0.6 is 0 Å². The predicted octanol–water partition coefficient (Wildman–Crippen LogP) is 3.54. The molecular weight excluding hydrogens is 182 g/mol. The fraction of sp³-hybridized carbons (Fsp3) is 0.571. The van der Waals surface area contributed by atoms with Crippen LogP contribution in [-0.4, -0.2) is 0 Å². The van der Waals surface area contributed by atoms with E-state index in [0.717, 1.165) is 6.42 Å². The van der Waals surface area contributed by atoms with Crippen LogP contribution in [0.25, 0.3) is 0 Å². The zero-order valence-electron chi connectivity index (χ0n) is 9.79. The van der Waals surface area contributed by atoms with Gasteiger partial charge < -0.3 is 5.73 Å². The number of nitrogens with two attached hydrogens (primary N) is 1. The number of fused-ring (bicyclic) bond motifs is 1. The lowest BCUT2D eigenvalue weighted by Gasteiger charge is -2.24. The van der Waals surface area contributed by atoms with Gasteiger partial charge in [0.25, 0.3) is 0 Å². The molecule has 1 nitrogen and oxygen atoms in total. The quantitative estimate of drug-likeness (QED) is 0.781. The number of aryl methyl sites for hydroxylation is 1. The van der Waals surface area contributed by atoms with Crippen molar-refractivity contribution in [2.75, 3.05) is 0 Å². The fourth-order valence-electron chi connectivity index (χ4n) is 2.40. The van der Waals surface area contributed by atoms with Gasteiger partial charge in [0, 0.05) is 6.04 Å². The minimum Gasteiger partial charge on any atom is -0.324 e. The summed E-state index contributed by atoms with van der Waals surface area (Å²) in [6.45, 7) is 4.53. The van der Waals surface area contributed by atoms with Crippen molar-refractivity contribution >= 4 is 0 Å². The first-order valence-corrected chi connectivity index (χ1v) is 6.10. The molecule has 2 rings (SSSR count). The van der Waals surface area contributed by atoms with E-state index in [2.05, 4.69) is 32.0 Å². The molecule has 0 heterocycles. The minimum atomic E-state index is 0.276. The molecular formula is C14H21N. The van der Waals surface area contributed by atoms with Gasteiger partial charge in [-0.3, -0.25) is 0 Å². The van der Waals surface area contributed by atoms with Gasteiger partial charge in [-0.2, -0.15) is 0 Å². The lowest BCUT2D eigenvalue weighted by Crippen LogP contribution is -2.17. The molecule has 1 heteroatoms. The van der Waals surface area contributed by atoms with Crippen LogP contribution in [0.4, 0.5) is 0 Å². The van der Waals surface area contributed by atoms with Crippen LogP contribution in [0.15, 0.2) is 18.2 Å². The first-order chi connectivity index (χ1) is 7.22. The molecule has 0 aliphatic heterocycles. The Morgan fingerprint density at radius 3 is 3.00 bits per heavy atom. The summed E-state index contributed by atoms with van der Waals surface area (Å²) >= 11 is 0. The van der Waals surface area contributed by atoms with E-state index in [4.69, 9.17) is 5.73 Å². The molecule has 1 aliphatic rings. The molecule has 0 saturated heterocycles. The minimum absolute atomic E-state index is 0.276. The molecule has 0 radical (unpaired) electrons. The SMILES string of the molecule is CCC(C)c1ccc2c(c1)[C@@H](N)CCC2. The topological polar surface area (TPSA) is 26.0 Å². The highest BCUT2D eigenvalue weighted by Gasteiger charge is 2.17. The molecule has 0 fully saturated rings. The Hall–Kier alpha value is -0.820. The molecule has 1 aromatic carbocycles. The van der Waals surface area contributed by atoms with Gasteiger partial charge in [-0.05, 0) is 48.3 Å². The normalized spacial score (nSPS) is 22.2. The number of hydrogen-bond acceptors (Lipinski definition) is 1. The van der Waals surface area contributed by atoms with Crippen LogP contribution in [0.5, 0.6) is 0 Å². The summed E-state index contributed by atoms with van der Waals surface area (Å²) in [7, 11) is 0. The van der Waals surface area contributed by atoms with E-state index in [-0.39, 0.29) is 6.04 Å². The van der Waals surface area contributed by atoms with Gasteiger partial charge in [0.05, 0.1) is 0 Å². The van der Waals surface area contributed by atoms with Crippen molar-refractivity contribution in [3.8, 4) is 0 Å². The van der Waals surface area contributed by atoms with Crippen LogP contribution in [0.1, 0.15) is 61.8 Å². The van der Waals surface area contributed by atoms with Crippen molar-refractivity contribution in [1.82, 2.24) is 0 Å². The Labute approximate surface area is 92.7 Å². The number of rotatable bonds is 2. The van der Waals surface area contributed by atoms with E-state index < -0.39 is 0 Å². The third kappa shape index (κ3) is 2.07. The van der Waals surface area contributed by atoms with Gasteiger partial charge in [0.15, 0.2) is 0 Å². The van der Waals surface area contributed by atoms with Crippen LogP contribution in [0, 0.1) is 0 Å². The highest BCUT2D eigenvalue weighted by Crippen LogP contribution is 2.31. The van der Waals surface area contributed by atoms with Crippen molar-refractivity contribution < 1.29 is 0 Å². The lowest BCUT2D eigenvalue weighted by atomic mass is 9.85. The molecule has 0 amide bonds. The third-order valence-electron chi connectivity index (χ3n) is 3.71. The highest BCUT2D eigenvalue weighted by molar-refractivity contribution is 5.37. The van der Waals surface area contributed by atoms with E-state index in [9.17, 15) is 0 Å². The second-order valence-electron chi connectivity index (χ2n) is 4.77. The molecule has 1 aliphatic carbocycles. The van der Waals surface area contributed by atoms with Crippen LogP contribution < -0.4 is 5.73 Å². The Balaban J connectivity index is 2.35. The largest absolute Gasteiger partial charge is 0.324 e. The highest BCUT2D eigenvalue weighted by atomic mass is 14.6. The maximum atomic E-state index is 6.16. The second-order valence-corrected chi connectivity index (χ2v) is 4.77. The van der Waals surface area contributed by atoms with Gasteiger partial charge in [-0.1, -0.05) is 32.0 Å². The summed E-state index contributed by atoms with van der Waals surface area (Å²) in [6, 6.07) is 7.19. The Bertz CT molecular complexity index is 343. The zero-order valence-corrected chi connectivity index (χ0v) is 9.79. The van der Waals surface area contributed by atoms with Gasteiger partial charge in [0.1, 0.15) is 0 Å². The summed E-state index contributed by atoms with van der Waals surface area (Å²) in [6.07, 6.45) is 4.81. The van der Waals surface area contributed by atoms with E-state index in [1.165, 1.54) is 36.0 Å². The Morgan fingerprint density at radius 1 is 1.47 bits per heavy atom. The molecule has 0 saturated carbocycles. The summed E-state index contributed by atoms with van der Waals surface area (Å²) in [4.78, 5) is 0. The molecule has 2 atom stereocenters. The maximum absolute atomic E-state index is 6.16. The van der Waals surface area contributed by atoms with Crippen LogP contribution in [0.2, 0.25) is 0 Å². The van der Waals surface area contributed by atoms with Crippen LogP contribution in [-0.2, 0) is 6.42 Å². The first kappa shape index (κ1) is 10.7. The Kier molecular flexibility index (Phi) is 3.11. The average Bonchev–Trinajstić information content (AvgIpc) is 2.28. The van der Waals surface area contributed by atoms with Crippen molar-refractivity contribution in [3.05, 3.63) is 34.9 Å². The fourth-order valence-corrected chi connectivity index (χ4v) is 2.40. The maximum Gasteiger partial charge on any atom is 0.0297 e. The Morgan fingerprint density at radius 2 is 2.27 bits per heavy atom. The molecule has 0 bridgehead atoms. The van der Waals surface area contributed by atoms with Crippen molar-refractivity contribution in [2.45, 2.75) is 51.5 Å². The average molecular weight is 203 g/mol. The summed E-state index contributed by atoms with van der Waals surface area (Å²) in [5.41, 5.74) is 10.5. The molecule has 2 N–H and O–H groups in total. The lowest BCUT2D eigenvalue weighted by molar-refractivity contribution is 0.568. The number of benzene rings is 1. The van der Waals surface area contributed by atoms with E-state index in [1.807, 2.05) is 0 Å². The summed E-state index contributed by atoms with van der Waals surface area (Å²) in [5.74, 6) is 0.657. The van der Waals surface area contributed by atoms with Crippen LogP contribution in [0.3, 0.4) is 0 Å². The monoisotopic (exact) mass is 203 g/mol. The summed E-state index contributed by atoms with van der Waals surface area (Å²) in [5, 5.41) is 0. The van der Waals surface area contributed by atoms with E-state index in [1.54, 1.807) is 0 Å². The van der Waals surface area contributed by atoms with E-state index in [0.29, 0.717) is 5.92 Å². The zero-order chi connectivity index (χ0) is 10.8. The van der Waals surface area contributed by atoms with Gasteiger partial charge in [-0.15, -0.1) is 0 Å². The standard InChI is InChI=1S/C14H21N/c1-3-10(2)12-8-7-11-5-4-6-14(15)13(11)9-12/h7-10,14H,3-6,15H2,1-2H3/t10?,14-/m0/s1. The van der Waals surface area contributed by atoms with E-state index >= 15 is 0 Å². The van der Waals surface area contributed by atoms with Crippen molar-refractivity contribution in [3.63, 3.8) is 0 Å². The van der Waals surface area contributed by atoms with Gasteiger partial charge in [0.2, 0.25) is 0 Å². The first-order valence-electron chi connectivity index (χ1n) is 6.10. The number of hydrogen-bond donors (Lipinski definition) is 1. The predicted molar refractivity (Wildman–Crippen MR) is 65.0 cm³/mol. The van der Waals surface area contributed by atoms with Crippen molar-refractivity contribution in [1.29, 1.82) is 0 Å². The molecule has 1 unspecified atom stereocenters. The van der Waals surface area contributed by atoms with Gasteiger partial charge >= 0.3 is 0 Å². The molecule has 15 heavy (non-hydrogen) atoms. The van der Waals surface area contributed by atoms with Gasteiger partial charge in [-0.25, -0.2) is 0 Å². The smallest absolute Gasteiger partial charge is 0.0297 e. The van der Waals surface area contributed by atoms with Crippen molar-refractivity contribution in [2.24, 2.45) is 5.73 Å². The summed E-state index contributed by atoms with van der Waals surface area (Å²) < 4.78 is 0. The molecule has 82 valence electrons. The molecule has 0 spiro atoms. The second kappa shape index (κ2) is 4.36. The molecule has 1 aromatic rings.